The number of hydrogen-bond donors (Lipinski definition) is 0. The molecule has 0 aliphatic rings. The molecule has 0 fully saturated rings. The number of esters is 2. The highest BCUT2D eigenvalue weighted by atomic mass is 16.5. The molecule has 0 amide bonds. The van der Waals surface area contributed by atoms with Crippen molar-refractivity contribution in [2.75, 3.05) is 13.2 Å². The van der Waals surface area contributed by atoms with Gasteiger partial charge in [-0.05, 0) is 26.2 Å². The van der Waals surface area contributed by atoms with Gasteiger partial charge in [-0.2, -0.15) is 0 Å². The van der Waals surface area contributed by atoms with Crippen LogP contribution in [0.2, 0.25) is 0 Å². The number of carbonyl (C=O) groups is 3. The van der Waals surface area contributed by atoms with Crippen LogP contribution in [0.15, 0.2) is 0 Å². The van der Waals surface area contributed by atoms with E-state index in [2.05, 4.69) is 18.6 Å². The monoisotopic (exact) mass is 262 g/mol. The molecule has 0 heterocycles. The quantitative estimate of drug-likeness (QED) is 0.574. The number of rotatable bonds is 4. The molecule has 0 aromatic carbocycles. The van der Waals surface area contributed by atoms with Gasteiger partial charge in [0.05, 0.1) is 13.2 Å². The molecule has 0 bridgehead atoms. The lowest BCUT2D eigenvalue weighted by Crippen LogP contribution is -2.02. The predicted octanol–water partition coefficient (Wildman–Crippen LogP) is 2.37. The molecule has 0 aliphatic carbocycles. The second-order valence-electron chi connectivity index (χ2n) is 3.68. The summed E-state index contributed by atoms with van der Waals surface area (Å²) in [6.07, 6.45) is 1.71. The Labute approximate surface area is 110 Å². The zero-order valence-electron chi connectivity index (χ0n) is 12.3. The zero-order chi connectivity index (χ0) is 15.0. The van der Waals surface area contributed by atoms with Crippen LogP contribution in [0.3, 0.4) is 0 Å². The Bertz CT molecular complexity index is 211. The van der Waals surface area contributed by atoms with Gasteiger partial charge in [0.1, 0.15) is 6.29 Å². The lowest BCUT2D eigenvalue weighted by molar-refractivity contribution is -0.141. The Hall–Kier alpha value is -1.39. The minimum atomic E-state index is -0.211. The largest absolute Gasteiger partial charge is 0.466 e. The molecule has 0 saturated carbocycles. The molecule has 0 aromatic rings. The van der Waals surface area contributed by atoms with Gasteiger partial charge in [0.25, 0.3) is 0 Å². The van der Waals surface area contributed by atoms with Gasteiger partial charge in [0.2, 0.25) is 0 Å². The van der Waals surface area contributed by atoms with Crippen LogP contribution < -0.4 is 0 Å². The van der Waals surface area contributed by atoms with Gasteiger partial charge in [-0.25, -0.2) is 0 Å². The fourth-order valence-corrected chi connectivity index (χ4v) is 0.642. The summed E-state index contributed by atoms with van der Waals surface area (Å²) < 4.78 is 9.12. The van der Waals surface area contributed by atoms with Crippen molar-refractivity contribution in [2.45, 2.75) is 48.0 Å². The third-order valence-electron chi connectivity index (χ3n) is 1.35. The second-order valence-corrected chi connectivity index (χ2v) is 3.68. The summed E-state index contributed by atoms with van der Waals surface area (Å²) in [5.41, 5.74) is 0. The Morgan fingerprint density at radius 1 is 1.11 bits per heavy atom. The van der Waals surface area contributed by atoms with E-state index in [9.17, 15) is 9.59 Å². The molecule has 0 unspecified atom stereocenters. The van der Waals surface area contributed by atoms with Crippen LogP contribution in [-0.4, -0.2) is 31.4 Å². The van der Waals surface area contributed by atoms with Gasteiger partial charge in [0, 0.05) is 13.8 Å². The van der Waals surface area contributed by atoms with E-state index in [-0.39, 0.29) is 11.9 Å². The first-order chi connectivity index (χ1) is 8.31. The van der Waals surface area contributed by atoms with Crippen molar-refractivity contribution in [3.8, 4) is 0 Å². The summed E-state index contributed by atoms with van der Waals surface area (Å²) in [6.45, 7) is 11.3. The van der Waals surface area contributed by atoms with Gasteiger partial charge in [-0.15, -0.1) is 0 Å². The molecule has 0 saturated heterocycles. The minimum Gasteiger partial charge on any atom is -0.466 e. The molecule has 5 nitrogen and oxygen atoms in total. The summed E-state index contributed by atoms with van der Waals surface area (Å²) in [7, 11) is 0. The van der Waals surface area contributed by atoms with Crippen LogP contribution in [0, 0.1) is 5.92 Å². The number of ether oxygens (including phenoxy) is 2. The lowest BCUT2D eigenvalue weighted by atomic mass is 10.1. The molecule has 0 radical (unpaired) electrons. The summed E-state index contributed by atoms with van der Waals surface area (Å²) >= 11 is 0. The van der Waals surface area contributed by atoms with Gasteiger partial charge in [0.15, 0.2) is 0 Å². The minimum absolute atomic E-state index is 0.185. The topological polar surface area (TPSA) is 69.7 Å². The molecule has 5 heteroatoms. The second kappa shape index (κ2) is 18.0. The highest BCUT2D eigenvalue weighted by Gasteiger charge is 1.94. The average molecular weight is 262 g/mol. The molecule has 18 heavy (non-hydrogen) atoms. The van der Waals surface area contributed by atoms with Crippen molar-refractivity contribution in [3.05, 3.63) is 0 Å². The van der Waals surface area contributed by atoms with Gasteiger partial charge in [-0.1, -0.05) is 13.8 Å². The van der Waals surface area contributed by atoms with Gasteiger partial charge in [-0.3, -0.25) is 9.59 Å². The summed E-state index contributed by atoms with van der Waals surface area (Å²) in [5.74, 6) is 0.220. The SMILES string of the molecule is CC(=O)OCCC(C)C.CC=O.CCOC(C)=O. The Morgan fingerprint density at radius 3 is 1.67 bits per heavy atom. The van der Waals surface area contributed by atoms with E-state index in [0.29, 0.717) is 19.1 Å². The van der Waals surface area contributed by atoms with Crippen molar-refractivity contribution in [1.29, 1.82) is 0 Å². The molecule has 0 spiro atoms. The number of hydrogen-bond acceptors (Lipinski definition) is 5. The van der Waals surface area contributed by atoms with E-state index in [0.717, 1.165) is 12.7 Å². The van der Waals surface area contributed by atoms with Crippen LogP contribution in [0.4, 0.5) is 0 Å². The molecule has 0 rings (SSSR count). The van der Waals surface area contributed by atoms with Gasteiger partial charge >= 0.3 is 11.9 Å². The molecule has 108 valence electrons. The van der Waals surface area contributed by atoms with Gasteiger partial charge < -0.3 is 14.3 Å². The average Bonchev–Trinajstić information content (AvgIpc) is 2.17. The van der Waals surface area contributed by atoms with E-state index in [1.54, 1.807) is 6.92 Å². The molecule has 0 atom stereocenters. The van der Waals surface area contributed by atoms with Crippen LogP contribution in [0.5, 0.6) is 0 Å². The van der Waals surface area contributed by atoms with Crippen LogP contribution >= 0.6 is 0 Å². The van der Waals surface area contributed by atoms with E-state index in [4.69, 9.17) is 9.53 Å². The van der Waals surface area contributed by atoms with Crippen LogP contribution in [0.1, 0.15) is 48.0 Å². The van der Waals surface area contributed by atoms with Crippen LogP contribution in [0.25, 0.3) is 0 Å². The summed E-state index contributed by atoms with van der Waals surface area (Å²) in [6, 6.07) is 0. The zero-order valence-corrected chi connectivity index (χ0v) is 12.3. The normalized spacial score (nSPS) is 8.17. The maximum atomic E-state index is 10.2. The van der Waals surface area contributed by atoms with E-state index in [1.807, 2.05) is 0 Å². The third kappa shape index (κ3) is 46.7. The molecule has 0 aliphatic heterocycles. The van der Waals surface area contributed by atoms with Crippen molar-refractivity contribution in [3.63, 3.8) is 0 Å². The highest BCUT2D eigenvalue weighted by molar-refractivity contribution is 5.66. The van der Waals surface area contributed by atoms with E-state index in [1.165, 1.54) is 20.8 Å². The van der Waals surface area contributed by atoms with Crippen molar-refractivity contribution in [1.82, 2.24) is 0 Å². The Morgan fingerprint density at radius 2 is 1.50 bits per heavy atom. The smallest absolute Gasteiger partial charge is 0.302 e. The number of carbonyl (C=O) groups excluding carboxylic acids is 3. The van der Waals surface area contributed by atoms with Crippen LogP contribution in [-0.2, 0) is 23.9 Å². The fourth-order valence-electron chi connectivity index (χ4n) is 0.642. The summed E-state index contributed by atoms with van der Waals surface area (Å²) in [4.78, 5) is 28.8. The molecular weight excluding hydrogens is 236 g/mol. The standard InChI is InChI=1S/C7H14O2.C4H8O2.C2H4O/c1-6(2)4-5-9-7(3)8;1-3-6-4(2)5;1-2-3/h6H,4-5H2,1-3H3;3H2,1-2H3;2H,1H3. The number of aldehydes is 1. The first kappa shape index (κ1) is 21.9. The van der Waals surface area contributed by atoms with Crippen molar-refractivity contribution in [2.24, 2.45) is 5.92 Å². The van der Waals surface area contributed by atoms with Crippen molar-refractivity contribution < 1.29 is 23.9 Å². The first-order valence-electron chi connectivity index (χ1n) is 5.98. The Kier molecular flexibility index (Phi) is 21.8. The molecular formula is C13H26O5. The maximum Gasteiger partial charge on any atom is 0.302 e. The summed E-state index contributed by atoms with van der Waals surface area (Å²) in [5, 5.41) is 0. The fraction of sp³-hybridized carbons (Fsp3) is 0.769. The van der Waals surface area contributed by atoms with Crippen molar-refractivity contribution >= 4 is 18.2 Å². The molecule has 0 N–H and O–H groups in total. The maximum absolute atomic E-state index is 10.2. The predicted molar refractivity (Wildman–Crippen MR) is 70.1 cm³/mol. The highest BCUT2D eigenvalue weighted by Crippen LogP contribution is 1.98. The lowest BCUT2D eigenvalue weighted by Gasteiger charge is -2.02. The van der Waals surface area contributed by atoms with E-state index >= 15 is 0 Å². The third-order valence-corrected chi connectivity index (χ3v) is 1.35. The Balaban J connectivity index is -0.000000216. The van der Waals surface area contributed by atoms with E-state index < -0.39 is 0 Å². The first-order valence-corrected chi connectivity index (χ1v) is 5.98. The molecule has 0 aromatic heterocycles.